The van der Waals surface area contributed by atoms with Crippen molar-refractivity contribution in [3.63, 3.8) is 0 Å². The van der Waals surface area contributed by atoms with Crippen LogP contribution in [0.5, 0.6) is 0 Å². The molecule has 2 aromatic carbocycles. The van der Waals surface area contributed by atoms with Gasteiger partial charge in [-0.25, -0.2) is 0 Å². The molecule has 0 aliphatic carbocycles. The standard InChI is InChI=1S/C17H11ClN2O/c18-16-12(10-5-1-3-7-14(10)19-16)9-13-11-6-2-4-8-15(11)20-17(13)21/h1-9,19H,(H,20,21)/b13-9+. The fourth-order valence-corrected chi connectivity index (χ4v) is 2.96. The molecule has 1 amide bonds. The Bertz CT molecular complexity index is 908. The zero-order valence-electron chi connectivity index (χ0n) is 11.0. The zero-order chi connectivity index (χ0) is 14.4. The summed E-state index contributed by atoms with van der Waals surface area (Å²) in [4.78, 5) is 15.3. The molecule has 0 saturated carbocycles. The molecule has 0 spiro atoms. The number of aromatic nitrogens is 1. The zero-order valence-corrected chi connectivity index (χ0v) is 11.7. The summed E-state index contributed by atoms with van der Waals surface area (Å²) in [6.07, 6.45) is 1.85. The molecule has 3 aromatic rings. The van der Waals surface area contributed by atoms with Crippen LogP contribution in [0.25, 0.3) is 22.6 Å². The second-order valence-corrected chi connectivity index (χ2v) is 5.33. The Morgan fingerprint density at radius 1 is 1.00 bits per heavy atom. The number of rotatable bonds is 1. The number of carbonyl (C=O) groups is 1. The summed E-state index contributed by atoms with van der Waals surface area (Å²) < 4.78 is 0. The Kier molecular flexibility index (Phi) is 2.62. The van der Waals surface area contributed by atoms with Gasteiger partial charge in [0.2, 0.25) is 0 Å². The lowest BCUT2D eigenvalue weighted by Gasteiger charge is -1.98. The summed E-state index contributed by atoms with van der Waals surface area (Å²) in [5.74, 6) is -0.0995. The van der Waals surface area contributed by atoms with Gasteiger partial charge in [0.05, 0.1) is 0 Å². The number of para-hydroxylation sites is 2. The molecule has 0 unspecified atom stereocenters. The molecule has 3 nitrogen and oxygen atoms in total. The van der Waals surface area contributed by atoms with Gasteiger partial charge in [0, 0.05) is 33.3 Å². The van der Waals surface area contributed by atoms with Crippen LogP contribution in [0.3, 0.4) is 0 Å². The summed E-state index contributed by atoms with van der Waals surface area (Å²) in [6, 6.07) is 15.5. The number of aromatic amines is 1. The maximum atomic E-state index is 12.2. The fraction of sp³-hybridized carbons (Fsp3) is 0. The lowest BCUT2D eigenvalue weighted by atomic mass is 10.0. The van der Waals surface area contributed by atoms with Crippen molar-refractivity contribution < 1.29 is 4.79 Å². The van der Waals surface area contributed by atoms with E-state index < -0.39 is 0 Å². The smallest absolute Gasteiger partial charge is 0.256 e. The lowest BCUT2D eigenvalue weighted by Crippen LogP contribution is -2.03. The summed E-state index contributed by atoms with van der Waals surface area (Å²) in [5, 5.41) is 4.42. The topological polar surface area (TPSA) is 44.9 Å². The van der Waals surface area contributed by atoms with Gasteiger partial charge in [0.15, 0.2) is 0 Å². The molecular weight excluding hydrogens is 284 g/mol. The molecule has 102 valence electrons. The lowest BCUT2D eigenvalue weighted by molar-refractivity contribution is -0.110. The number of amides is 1. The minimum atomic E-state index is -0.0995. The van der Waals surface area contributed by atoms with Gasteiger partial charge >= 0.3 is 0 Å². The second-order valence-electron chi connectivity index (χ2n) is 4.96. The molecule has 2 heterocycles. The van der Waals surface area contributed by atoms with Gasteiger partial charge in [-0.1, -0.05) is 48.0 Å². The predicted molar refractivity (Wildman–Crippen MR) is 86.3 cm³/mol. The number of halogens is 1. The highest BCUT2D eigenvalue weighted by molar-refractivity contribution is 6.37. The fourth-order valence-electron chi connectivity index (χ4n) is 2.70. The largest absolute Gasteiger partial charge is 0.345 e. The first-order chi connectivity index (χ1) is 10.2. The molecule has 0 fully saturated rings. The number of carbonyl (C=O) groups excluding carboxylic acids is 1. The van der Waals surface area contributed by atoms with Gasteiger partial charge in [0.25, 0.3) is 5.91 Å². The number of hydrogen-bond donors (Lipinski definition) is 2. The first-order valence-corrected chi connectivity index (χ1v) is 7.00. The number of H-pyrrole nitrogens is 1. The molecule has 0 atom stereocenters. The van der Waals surface area contributed by atoms with E-state index >= 15 is 0 Å². The van der Waals surface area contributed by atoms with Crippen LogP contribution in [-0.4, -0.2) is 10.9 Å². The van der Waals surface area contributed by atoms with Crippen LogP contribution in [0.4, 0.5) is 5.69 Å². The molecule has 1 aliphatic heterocycles. The van der Waals surface area contributed by atoms with Crippen LogP contribution >= 0.6 is 11.6 Å². The maximum absolute atomic E-state index is 12.2. The van der Waals surface area contributed by atoms with Gasteiger partial charge in [-0.05, 0) is 18.2 Å². The summed E-state index contributed by atoms with van der Waals surface area (Å²) >= 11 is 6.29. The first-order valence-electron chi connectivity index (χ1n) is 6.63. The first kappa shape index (κ1) is 12.2. The highest BCUT2D eigenvalue weighted by Crippen LogP contribution is 2.35. The third kappa shape index (κ3) is 1.86. The molecule has 0 saturated heterocycles. The van der Waals surface area contributed by atoms with Gasteiger partial charge in [-0.3, -0.25) is 4.79 Å². The van der Waals surface area contributed by atoms with E-state index in [1.807, 2.05) is 54.6 Å². The van der Waals surface area contributed by atoms with Crippen molar-refractivity contribution in [2.45, 2.75) is 0 Å². The number of anilines is 1. The van der Waals surface area contributed by atoms with Crippen molar-refractivity contribution in [2.75, 3.05) is 5.32 Å². The van der Waals surface area contributed by atoms with Crippen LogP contribution in [0.2, 0.25) is 5.15 Å². The minimum Gasteiger partial charge on any atom is -0.345 e. The Morgan fingerprint density at radius 3 is 2.67 bits per heavy atom. The van der Waals surface area contributed by atoms with Gasteiger partial charge in [-0.15, -0.1) is 0 Å². The van der Waals surface area contributed by atoms with Crippen LogP contribution in [0, 0.1) is 0 Å². The molecule has 4 heteroatoms. The van der Waals surface area contributed by atoms with E-state index in [1.165, 1.54) is 0 Å². The quantitative estimate of drug-likeness (QED) is 0.645. The number of hydrogen-bond acceptors (Lipinski definition) is 1. The number of benzene rings is 2. The average Bonchev–Trinajstić information content (AvgIpc) is 2.97. The third-order valence-corrected chi connectivity index (χ3v) is 3.99. The Balaban J connectivity index is 1.95. The summed E-state index contributed by atoms with van der Waals surface area (Å²) in [7, 11) is 0. The Labute approximate surface area is 126 Å². The summed E-state index contributed by atoms with van der Waals surface area (Å²) in [5.41, 5.74) is 4.18. The van der Waals surface area contributed by atoms with Crippen LogP contribution in [-0.2, 0) is 4.79 Å². The van der Waals surface area contributed by atoms with Crippen LogP contribution in [0.15, 0.2) is 48.5 Å². The number of fused-ring (bicyclic) bond motifs is 2. The monoisotopic (exact) mass is 294 g/mol. The molecule has 21 heavy (non-hydrogen) atoms. The maximum Gasteiger partial charge on any atom is 0.256 e. The van der Waals surface area contributed by atoms with E-state index in [9.17, 15) is 4.79 Å². The van der Waals surface area contributed by atoms with Crippen molar-refractivity contribution in [1.29, 1.82) is 0 Å². The van der Waals surface area contributed by atoms with Gasteiger partial charge in [-0.2, -0.15) is 0 Å². The van der Waals surface area contributed by atoms with Crippen LogP contribution < -0.4 is 5.32 Å². The minimum absolute atomic E-state index is 0.0995. The molecule has 0 radical (unpaired) electrons. The van der Waals surface area contributed by atoms with Crippen molar-refractivity contribution in [1.82, 2.24) is 4.98 Å². The molecule has 2 N–H and O–H groups in total. The van der Waals surface area contributed by atoms with E-state index in [2.05, 4.69) is 10.3 Å². The normalized spacial score (nSPS) is 15.5. The van der Waals surface area contributed by atoms with Crippen molar-refractivity contribution in [3.05, 3.63) is 64.8 Å². The van der Waals surface area contributed by atoms with E-state index in [0.717, 1.165) is 27.7 Å². The second kappa shape index (κ2) is 4.50. The highest BCUT2D eigenvalue weighted by Gasteiger charge is 2.24. The van der Waals surface area contributed by atoms with Gasteiger partial charge < -0.3 is 10.3 Å². The molecule has 1 aromatic heterocycles. The molecule has 4 rings (SSSR count). The van der Waals surface area contributed by atoms with Crippen molar-refractivity contribution in [3.8, 4) is 0 Å². The predicted octanol–water partition coefficient (Wildman–Crippen LogP) is 4.31. The third-order valence-electron chi connectivity index (χ3n) is 3.70. The van der Waals surface area contributed by atoms with E-state index in [-0.39, 0.29) is 5.91 Å². The molecule has 0 bridgehead atoms. The van der Waals surface area contributed by atoms with E-state index in [1.54, 1.807) is 0 Å². The SMILES string of the molecule is O=C1Nc2ccccc2/C1=C\c1c(Cl)[nH]c2ccccc12. The van der Waals surface area contributed by atoms with E-state index in [4.69, 9.17) is 11.6 Å². The van der Waals surface area contributed by atoms with Crippen molar-refractivity contribution >= 4 is 45.7 Å². The van der Waals surface area contributed by atoms with Gasteiger partial charge in [0.1, 0.15) is 5.15 Å². The Hall–Kier alpha value is -2.52. The molecule has 1 aliphatic rings. The van der Waals surface area contributed by atoms with Crippen LogP contribution in [0.1, 0.15) is 11.1 Å². The van der Waals surface area contributed by atoms with E-state index in [0.29, 0.717) is 10.7 Å². The Morgan fingerprint density at radius 2 is 1.76 bits per heavy atom. The average molecular weight is 295 g/mol. The summed E-state index contributed by atoms with van der Waals surface area (Å²) in [6.45, 7) is 0. The highest BCUT2D eigenvalue weighted by atomic mass is 35.5. The number of nitrogens with one attached hydrogen (secondary N) is 2. The molecular formula is C17H11ClN2O. The van der Waals surface area contributed by atoms with Crippen molar-refractivity contribution in [2.24, 2.45) is 0 Å².